The number of anilines is 3. The summed E-state index contributed by atoms with van der Waals surface area (Å²) in [5.41, 5.74) is 16.8. The van der Waals surface area contributed by atoms with Crippen LogP contribution in [0.2, 0.25) is 0 Å². The Morgan fingerprint density at radius 1 is 1.06 bits per heavy atom. The van der Waals surface area contributed by atoms with E-state index in [1.54, 1.807) is 17.5 Å². The second-order valence-electron chi connectivity index (χ2n) is 7.51. The number of thiophene rings is 1. The lowest BCUT2D eigenvalue weighted by molar-refractivity contribution is -0.117. The van der Waals surface area contributed by atoms with Crippen LogP contribution in [-0.4, -0.2) is 16.9 Å². The van der Waals surface area contributed by atoms with Crippen LogP contribution in [0, 0.1) is 6.92 Å². The summed E-state index contributed by atoms with van der Waals surface area (Å²) in [7, 11) is 0. The number of pyridine rings is 1. The predicted octanol–water partition coefficient (Wildman–Crippen LogP) is 4.92. The van der Waals surface area contributed by atoms with Crippen molar-refractivity contribution in [3.63, 3.8) is 0 Å². The van der Waals surface area contributed by atoms with Gasteiger partial charge in [0.25, 0.3) is 0 Å². The van der Waals surface area contributed by atoms with Crippen molar-refractivity contribution in [2.45, 2.75) is 19.8 Å². The molecule has 0 aliphatic heterocycles. The number of aryl methyl sites for hydroxylation is 2. The van der Waals surface area contributed by atoms with Crippen molar-refractivity contribution < 1.29 is 9.59 Å². The fraction of sp³-hybridized carbons (Fsp3) is 0.125. The molecule has 3 amide bonds. The number of aromatic nitrogens is 1. The molecule has 0 bridgehead atoms. The van der Waals surface area contributed by atoms with Gasteiger partial charge in [-0.25, -0.2) is 9.78 Å². The number of nitrogens with two attached hydrogens (primary N) is 2. The van der Waals surface area contributed by atoms with E-state index in [-0.39, 0.29) is 18.4 Å². The Morgan fingerprint density at radius 2 is 1.81 bits per heavy atom. The van der Waals surface area contributed by atoms with E-state index < -0.39 is 0 Å². The number of nitrogen functional groups attached to an aromatic ring is 1. The van der Waals surface area contributed by atoms with Crippen molar-refractivity contribution >= 4 is 50.6 Å². The van der Waals surface area contributed by atoms with Crippen molar-refractivity contribution in [1.82, 2.24) is 4.98 Å². The summed E-state index contributed by atoms with van der Waals surface area (Å²) >= 11 is 1.57. The third-order valence-electron chi connectivity index (χ3n) is 5.07. The molecule has 8 heteroatoms. The molecule has 6 N–H and O–H groups in total. The molecule has 0 aliphatic carbocycles. The average Bonchev–Trinajstić information content (AvgIpc) is 3.20. The molecule has 0 aliphatic rings. The molecular weight excluding hydrogens is 422 g/mol. The van der Waals surface area contributed by atoms with Gasteiger partial charge in [-0.2, -0.15) is 0 Å². The van der Waals surface area contributed by atoms with Crippen molar-refractivity contribution in [1.29, 1.82) is 0 Å². The Balaban J connectivity index is 1.53. The molecule has 0 fully saturated rings. The lowest BCUT2D eigenvalue weighted by Crippen LogP contribution is -2.19. The maximum Gasteiger partial charge on any atom is 0.323 e. The van der Waals surface area contributed by atoms with Gasteiger partial charge in [-0.3, -0.25) is 4.79 Å². The van der Waals surface area contributed by atoms with E-state index in [9.17, 15) is 9.59 Å². The quantitative estimate of drug-likeness (QED) is 0.336. The van der Waals surface area contributed by atoms with Gasteiger partial charge < -0.3 is 22.1 Å². The van der Waals surface area contributed by atoms with Crippen LogP contribution in [-0.2, 0) is 11.2 Å². The summed E-state index contributed by atoms with van der Waals surface area (Å²) in [6.07, 6.45) is 2.50. The van der Waals surface area contributed by atoms with E-state index in [0.717, 1.165) is 38.0 Å². The van der Waals surface area contributed by atoms with Crippen LogP contribution >= 0.6 is 11.3 Å². The van der Waals surface area contributed by atoms with E-state index in [1.165, 1.54) is 0 Å². The van der Waals surface area contributed by atoms with Gasteiger partial charge >= 0.3 is 6.03 Å². The molecule has 2 heterocycles. The summed E-state index contributed by atoms with van der Waals surface area (Å²) in [6, 6.07) is 14.8. The number of benzene rings is 2. The van der Waals surface area contributed by atoms with Crippen LogP contribution in [0.4, 0.5) is 22.0 Å². The molecule has 0 radical (unpaired) electrons. The first-order chi connectivity index (χ1) is 15.4. The van der Waals surface area contributed by atoms with Gasteiger partial charge in [-0.15, -0.1) is 11.3 Å². The molecule has 162 valence electrons. The number of carbonyl (C=O) groups is 2. The Bertz CT molecular complexity index is 1300. The molecule has 7 nitrogen and oxygen atoms in total. The predicted molar refractivity (Wildman–Crippen MR) is 131 cm³/mol. The van der Waals surface area contributed by atoms with Gasteiger partial charge in [0.2, 0.25) is 5.91 Å². The van der Waals surface area contributed by atoms with Gasteiger partial charge in [0, 0.05) is 39.6 Å². The first-order valence-electron chi connectivity index (χ1n) is 10.1. The Morgan fingerprint density at radius 3 is 2.53 bits per heavy atom. The number of primary amides is 1. The van der Waals surface area contributed by atoms with E-state index in [4.69, 9.17) is 11.5 Å². The number of nitrogens with one attached hydrogen (secondary N) is 2. The summed E-state index contributed by atoms with van der Waals surface area (Å²) in [4.78, 5) is 27.8. The highest BCUT2D eigenvalue weighted by Gasteiger charge is 2.15. The maximum absolute atomic E-state index is 12.3. The normalized spacial score (nSPS) is 10.8. The fourth-order valence-electron chi connectivity index (χ4n) is 3.52. The van der Waals surface area contributed by atoms with Crippen LogP contribution in [0.1, 0.15) is 17.5 Å². The van der Waals surface area contributed by atoms with Gasteiger partial charge in [-0.1, -0.05) is 24.3 Å². The first-order valence-corrected chi connectivity index (χ1v) is 11.0. The summed E-state index contributed by atoms with van der Waals surface area (Å²) in [5.74, 6) is 0.0973. The minimum atomic E-state index is -0.346. The molecule has 0 atom stereocenters. The summed E-state index contributed by atoms with van der Waals surface area (Å²) < 4.78 is 1.01. The number of urea groups is 1. The second-order valence-corrected chi connectivity index (χ2v) is 8.39. The summed E-state index contributed by atoms with van der Waals surface area (Å²) in [6.45, 7) is 1.97. The van der Waals surface area contributed by atoms with Crippen LogP contribution in [0.5, 0.6) is 0 Å². The Kier molecular flexibility index (Phi) is 6.04. The molecular formula is C24H23N5O2S. The van der Waals surface area contributed by atoms with Gasteiger partial charge in [0.15, 0.2) is 0 Å². The van der Waals surface area contributed by atoms with E-state index in [2.05, 4.69) is 15.6 Å². The lowest BCUT2D eigenvalue weighted by Gasteiger charge is -2.09. The third kappa shape index (κ3) is 4.70. The number of hydrogen-bond donors (Lipinski definition) is 4. The number of carbonyl (C=O) groups excluding carboxylic acids is 2. The molecule has 2 aromatic heterocycles. The smallest absolute Gasteiger partial charge is 0.323 e. The zero-order valence-corrected chi connectivity index (χ0v) is 18.3. The first kappa shape index (κ1) is 21.3. The van der Waals surface area contributed by atoms with E-state index in [1.807, 2.05) is 60.8 Å². The number of rotatable bonds is 6. The van der Waals surface area contributed by atoms with E-state index >= 15 is 0 Å². The highest BCUT2D eigenvalue weighted by Crippen LogP contribution is 2.39. The van der Waals surface area contributed by atoms with Gasteiger partial charge in [0.1, 0.15) is 5.82 Å². The second kappa shape index (κ2) is 9.07. The monoisotopic (exact) mass is 445 g/mol. The largest absolute Gasteiger partial charge is 0.383 e. The van der Waals surface area contributed by atoms with Crippen molar-refractivity contribution in [2.24, 2.45) is 5.73 Å². The summed E-state index contributed by atoms with van der Waals surface area (Å²) in [5, 5.41) is 8.57. The molecule has 4 aromatic rings. The SMILES string of the molecule is Cc1cccc(NC(=O)Nc2ccc(-c3csc4c(CCC(N)=O)cnc(N)c34)cc2)c1. The van der Waals surface area contributed by atoms with Crippen molar-refractivity contribution in [3.05, 3.63) is 71.2 Å². The fourth-order valence-corrected chi connectivity index (χ4v) is 4.65. The minimum Gasteiger partial charge on any atom is -0.383 e. The zero-order chi connectivity index (χ0) is 22.7. The van der Waals surface area contributed by atoms with E-state index in [0.29, 0.717) is 17.9 Å². The lowest BCUT2D eigenvalue weighted by atomic mass is 10.0. The van der Waals surface area contributed by atoms with Crippen LogP contribution in [0.25, 0.3) is 21.2 Å². The molecule has 4 rings (SSSR count). The molecule has 2 aromatic carbocycles. The van der Waals surface area contributed by atoms with Crippen molar-refractivity contribution in [2.75, 3.05) is 16.4 Å². The molecule has 0 saturated carbocycles. The van der Waals surface area contributed by atoms with Crippen molar-refractivity contribution in [3.8, 4) is 11.1 Å². The Labute approximate surface area is 189 Å². The van der Waals surface area contributed by atoms with Crippen LogP contribution in [0.3, 0.4) is 0 Å². The molecule has 0 spiro atoms. The molecule has 0 saturated heterocycles. The number of nitrogens with zero attached hydrogens (tertiary/aromatic N) is 1. The molecule has 0 unspecified atom stereocenters. The van der Waals surface area contributed by atoms with Crippen LogP contribution < -0.4 is 22.1 Å². The van der Waals surface area contributed by atoms with Gasteiger partial charge in [-0.05, 0) is 59.7 Å². The topological polar surface area (TPSA) is 123 Å². The maximum atomic E-state index is 12.3. The highest BCUT2D eigenvalue weighted by atomic mass is 32.1. The third-order valence-corrected chi connectivity index (χ3v) is 6.12. The average molecular weight is 446 g/mol. The number of fused-ring (bicyclic) bond motifs is 1. The Hall–Kier alpha value is -3.91. The zero-order valence-electron chi connectivity index (χ0n) is 17.5. The highest BCUT2D eigenvalue weighted by molar-refractivity contribution is 7.18. The van der Waals surface area contributed by atoms with Crippen LogP contribution in [0.15, 0.2) is 60.1 Å². The standard InChI is InChI=1S/C24H23N5O2S/c1-14-3-2-4-18(11-14)29-24(31)28-17-8-5-15(6-9-17)19-13-32-22-16(7-10-20(25)30)12-27-23(26)21(19)22/h2-6,8-9,11-13H,7,10H2,1H3,(H2,25,30)(H2,26,27)(H2,28,29,31). The molecule has 32 heavy (non-hydrogen) atoms. The number of amides is 3. The minimum absolute atomic E-state index is 0.263. The van der Waals surface area contributed by atoms with Gasteiger partial charge in [0.05, 0.1) is 0 Å². The number of hydrogen-bond acceptors (Lipinski definition) is 5.